The molecule has 2 heterocycles. The largest absolute Gasteiger partial charge is 0.354 e. The Bertz CT molecular complexity index is 1310. The molecule has 0 radical (unpaired) electrons. The molecule has 7 heteroatoms. The second kappa shape index (κ2) is 9.40. The minimum atomic E-state index is -0.247. The Morgan fingerprint density at radius 2 is 1.72 bits per heavy atom. The van der Waals surface area contributed by atoms with Crippen LogP contribution in [0.1, 0.15) is 22.5 Å². The fraction of sp³-hybridized carbons (Fsp3) is 0.240. The average Bonchev–Trinajstić information content (AvgIpc) is 3.03. The van der Waals surface area contributed by atoms with Crippen LogP contribution in [0.4, 0.5) is 0 Å². The van der Waals surface area contributed by atoms with Crippen molar-refractivity contribution in [3.05, 3.63) is 98.7 Å². The highest BCUT2D eigenvalue weighted by molar-refractivity contribution is 6.30. The van der Waals surface area contributed by atoms with Crippen LogP contribution in [-0.4, -0.2) is 26.8 Å². The second-order valence-electron chi connectivity index (χ2n) is 7.87. The molecule has 1 N–H and O–H groups in total. The normalized spacial score (nSPS) is 11.1. The first-order valence-corrected chi connectivity index (χ1v) is 10.9. The lowest BCUT2D eigenvalue weighted by atomic mass is 10.1. The third-order valence-electron chi connectivity index (χ3n) is 5.73. The molecule has 0 fully saturated rings. The van der Waals surface area contributed by atoms with Gasteiger partial charge in [-0.15, -0.1) is 0 Å². The number of aromatic nitrogens is 3. The fourth-order valence-electron chi connectivity index (χ4n) is 3.95. The van der Waals surface area contributed by atoms with E-state index >= 15 is 0 Å². The number of nitrogens with zero attached hydrogens (tertiary/aromatic N) is 3. The Hall–Kier alpha value is -3.38. The summed E-state index contributed by atoms with van der Waals surface area (Å²) in [5.41, 5.74) is 3.86. The van der Waals surface area contributed by atoms with Gasteiger partial charge >= 0.3 is 0 Å². The summed E-state index contributed by atoms with van der Waals surface area (Å²) in [6, 6.07) is 17.6. The molecule has 0 saturated carbocycles. The summed E-state index contributed by atoms with van der Waals surface area (Å²) < 4.78 is 3.36. The van der Waals surface area contributed by atoms with E-state index in [4.69, 9.17) is 11.6 Å². The lowest BCUT2D eigenvalue weighted by Crippen LogP contribution is -2.34. The number of hydrogen-bond donors (Lipinski definition) is 1. The molecule has 164 valence electrons. The monoisotopic (exact) mass is 448 g/mol. The van der Waals surface area contributed by atoms with Crippen LogP contribution in [0.3, 0.4) is 0 Å². The maximum atomic E-state index is 13.1. The van der Waals surface area contributed by atoms with Gasteiger partial charge < -0.3 is 9.88 Å². The summed E-state index contributed by atoms with van der Waals surface area (Å²) >= 11 is 5.89. The van der Waals surface area contributed by atoms with Crippen LogP contribution in [0.2, 0.25) is 5.02 Å². The molecule has 1 amide bonds. The summed E-state index contributed by atoms with van der Waals surface area (Å²) in [5, 5.41) is 9.23. The lowest BCUT2D eigenvalue weighted by Gasteiger charge is -2.09. The topological polar surface area (TPSA) is 68.9 Å². The van der Waals surface area contributed by atoms with Crippen molar-refractivity contribution in [3.63, 3.8) is 0 Å². The Morgan fingerprint density at radius 3 is 2.44 bits per heavy atom. The highest BCUT2D eigenvalue weighted by Crippen LogP contribution is 2.23. The highest BCUT2D eigenvalue weighted by Gasteiger charge is 2.17. The average molecular weight is 449 g/mol. The molecule has 0 atom stereocenters. The number of carbonyl (C=O) groups is 1. The van der Waals surface area contributed by atoms with Gasteiger partial charge in [-0.05, 0) is 43.5 Å². The quantitative estimate of drug-likeness (QED) is 0.466. The van der Waals surface area contributed by atoms with Crippen molar-refractivity contribution >= 4 is 28.3 Å². The summed E-state index contributed by atoms with van der Waals surface area (Å²) in [6.45, 7) is 4.97. The predicted molar refractivity (Wildman–Crippen MR) is 127 cm³/mol. The summed E-state index contributed by atoms with van der Waals surface area (Å²) in [4.78, 5) is 25.5. The Kier molecular flexibility index (Phi) is 6.42. The molecule has 32 heavy (non-hydrogen) atoms. The standard InChI is InChI=1S/C25H25ClN4O2/c1-17-22-14-28-30(16-23(31)27-13-12-19-8-10-21(26)11-9-19)25(32)24(22)18(2)29(17)15-20-6-4-3-5-7-20/h3-11,14H,12-13,15-16H2,1-2H3,(H,27,31). The molecule has 0 bridgehead atoms. The maximum Gasteiger partial charge on any atom is 0.276 e. The number of halogens is 1. The van der Waals surface area contributed by atoms with E-state index in [1.165, 1.54) is 4.68 Å². The SMILES string of the molecule is Cc1c2cnn(CC(=O)NCCc3ccc(Cl)cc3)c(=O)c2c(C)n1Cc1ccccc1. The number of aryl methyl sites for hydroxylation is 2. The Balaban J connectivity index is 1.49. The van der Waals surface area contributed by atoms with Gasteiger partial charge in [0, 0.05) is 34.9 Å². The van der Waals surface area contributed by atoms with Gasteiger partial charge in [-0.3, -0.25) is 9.59 Å². The van der Waals surface area contributed by atoms with Gasteiger partial charge in [0.2, 0.25) is 5.91 Å². The first-order valence-electron chi connectivity index (χ1n) is 10.5. The zero-order valence-electron chi connectivity index (χ0n) is 18.1. The third-order valence-corrected chi connectivity index (χ3v) is 5.98. The van der Waals surface area contributed by atoms with Gasteiger partial charge in [-0.1, -0.05) is 54.1 Å². The van der Waals surface area contributed by atoms with Gasteiger partial charge in [0.1, 0.15) is 6.54 Å². The number of benzene rings is 2. The van der Waals surface area contributed by atoms with Crippen LogP contribution in [0.25, 0.3) is 10.8 Å². The molecule has 0 unspecified atom stereocenters. The van der Waals surface area contributed by atoms with Gasteiger partial charge in [0.05, 0.1) is 11.6 Å². The van der Waals surface area contributed by atoms with E-state index < -0.39 is 0 Å². The number of hydrogen-bond acceptors (Lipinski definition) is 3. The highest BCUT2D eigenvalue weighted by atomic mass is 35.5. The van der Waals surface area contributed by atoms with E-state index in [-0.39, 0.29) is 18.0 Å². The number of nitrogens with one attached hydrogen (secondary N) is 1. The number of carbonyl (C=O) groups excluding carboxylic acids is 1. The molecule has 0 aliphatic heterocycles. The minimum absolute atomic E-state index is 0.113. The Morgan fingerprint density at radius 1 is 1.00 bits per heavy atom. The summed E-state index contributed by atoms with van der Waals surface area (Å²) in [6.07, 6.45) is 2.37. The number of fused-ring (bicyclic) bond motifs is 1. The van der Waals surface area contributed by atoms with Crippen molar-refractivity contribution in [2.75, 3.05) is 6.54 Å². The molecule has 0 saturated heterocycles. The van der Waals surface area contributed by atoms with Crippen LogP contribution in [0.5, 0.6) is 0 Å². The number of rotatable bonds is 7. The fourth-order valence-corrected chi connectivity index (χ4v) is 4.08. The smallest absolute Gasteiger partial charge is 0.276 e. The van der Waals surface area contributed by atoms with Crippen LogP contribution in [0.15, 0.2) is 65.6 Å². The van der Waals surface area contributed by atoms with Crippen molar-refractivity contribution in [3.8, 4) is 0 Å². The van der Waals surface area contributed by atoms with Crippen molar-refractivity contribution in [2.45, 2.75) is 33.4 Å². The van der Waals surface area contributed by atoms with Gasteiger partial charge in [-0.2, -0.15) is 5.10 Å². The van der Waals surface area contributed by atoms with Crippen LogP contribution in [0, 0.1) is 13.8 Å². The van der Waals surface area contributed by atoms with Crippen molar-refractivity contribution < 1.29 is 4.79 Å². The molecule has 4 rings (SSSR count). The van der Waals surface area contributed by atoms with Crippen molar-refractivity contribution in [1.82, 2.24) is 19.7 Å². The van der Waals surface area contributed by atoms with Crippen LogP contribution < -0.4 is 10.9 Å². The van der Waals surface area contributed by atoms with E-state index in [2.05, 4.69) is 27.1 Å². The molecule has 2 aromatic carbocycles. The zero-order chi connectivity index (χ0) is 22.7. The van der Waals surface area contributed by atoms with E-state index in [1.54, 1.807) is 6.20 Å². The third kappa shape index (κ3) is 4.60. The van der Waals surface area contributed by atoms with Crippen LogP contribution in [-0.2, 0) is 24.3 Å². The first-order chi connectivity index (χ1) is 15.4. The first kappa shape index (κ1) is 21.8. The van der Waals surface area contributed by atoms with Gasteiger partial charge in [0.25, 0.3) is 5.56 Å². The maximum absolute atomic E-state index is 13.1. The van der Waals surface area contributed by atoms with Gasteiger partial charge in [0.15, 0.2) is 0 Å². The Labute approximate surface area is 191 Å². The van der Waals surface area contributed by atoms with Crippen molar-refractivity contribution in [2.24, 2.45) is 0 Å². The second-order valence-corrected chi connectivity index (χ2v) is 8.30. The summed E-state index contributed by atoms with van der Waals surface area (Å²) in [5.74, 6) is -0.244. The minimum Gasteiger partial charge on any atom is -0.354 e. The zero-order valence-corrected chi connectivity index (χ0v) is 18.9. The summed E-state index contributed by atoms with van der Waals surface area (Å²) in [7, 11) is 0. The van der Waals surface area contributed by atoms with Gasteiger partial charge in [-0.25, -0.2) is 4.68 Å². The van der Waals surface area contributed by atoms with E-state index in [0.29, 0.717) is 29.9 Å². The molecular formula is C25H25ClN4O2. The van der Waals surface area contributed by atoms with E-state index in [0.717, 1.165) is 27.9 Å². The van der Waals surface area contributed by atoms with E-state index in [9.17, 15) is 9.59 Å². The van der Waals surface area contributed by atoms with E-state index in [1.807, 2.05) is 56.3 Å². The molecule has 0 aliphatic carbocycles. The molecular weight excluding hydrogens is 424 g/mol. The molecule has 6 nitrogen and oxygen atoms in total. The number of amides is 1. The predicted octanol–water partition coefficient (Wildman–Crippen LogP) is 3.88. The lowest BCUT2D eigenvalue weighted by molar-refractivity contribution is -0.121. The molecule has 0 spiro atoms. The van der Waals surface area contributed by atoms with Crippen LogP contribution >= 0.6 is 11.6 Å². The van der Waals surface area contributed by atoms with Crippen molar-refractivity contribution in [1.29, 1.82) is 0 Å². The molecule has 2 aromatic heterocycles. The molecule has 0 aliphatic rings. The molecule has 4 aromatic rings.